The Morgan fingerprint density at radius 2 is 2.00 bits per heavy atom. The van der Waals surface area contributed by atoms with Crippen molar-refractivity contribution in [2.24, 2.45) is 5.92 Å². The van der Waals surface area contributed by atoms with E-state index < -0.39 is 0 Å². The molecule has 3 aromatic rings. The molecule has 2 atom stereocenters. The largest absolute Gasteiger partial charge is 0.351 e. The Hall–Kier alpha value is -2.66. The molecule has 1 amide bonds. The molecular formula is C26H32FN3O. The van der Waals surface area contributed by atoms with Crippen LogP contribution in [0.5, 0.6) is 0 Å². The van der Waals surface area contributed by atoms with Crippen molar-refractivity contribution >= 4 is 16.8 Å². The predicted octanol–water partition coefficient (Wildman–Crippen LogP) is 5.33. The Bertz CT molecular complexity index is 982. The minimum atomic E-state index is -0.136. The minimum Gasteiger partial charge on any atom is -0.351 e. The van der Waals surface area contributed by atoms with Gasteiger partial charge in [-0.1, -0.05) is 37.3 Å². The van der Waals surface area contributed by atoms with Gasteiger partial charge >= 0.3 is 0 Å². The van der Waals surface area contributed by atoms with Crippen LogP contribution in [0.3, 0.4) is 0 Å². The third-order valence-electron chi connectivity index (χ3n) is 6.19. The highest BCUT2D eigenvalue weighted by atomic mass is 19.1. The molecule has 164 valence electrons. The summed E-state index contributed by atoms with van der Waals surface area (Å²) >= 11 is 0. The van der Waals surface area contributed by atoms with Crippen LogP contribution in [0.25, 0.3) is 10.9 Å². The van der Waals surface area contributed by atoms with Crippen molar-refractivity contribution in [1.82, 2.24) is 15.2 Å². The highest BCUT2D eigenvalue weighted by Crippen LogP contribution is 2.47. The highest BCUT2D eigenvalue weighted by Gasteiger charge is 2.39. The first-order valence-electron chi connectivity index (χ1n) is 11.5. The molecule has 31 heavy (non-hydrogen) atoms. The number of carbonyl (C=O) groups excluding carboxylic acids is 1. The van der Waals surface area contributed by atoms with E-state index in [2.05, 4.69) is 22.1 Å². The second kappa shape index (κ2) is 10.1. The van der Waals surface area contributed by atoms with Crippen LogP contribution in [0.15, 0.2) is 54.6 Å². The molecule has 0 radical (unpaired) electrons. The smallest absolute Gasteiger partial charge is 0.267 e. The first-order valence-corrected chi connectivity index (χ1v) is 11.5. The second-order valence-corrected chi connectivity index (χ2v) is 8.69. The number of carbonyl (C=O) groups is 1. The topological polar surface area (TPSA) is 48.1 Å². The first kappa shape index (κ1) is 21.6. The van der Waals surface area contributed by atoms with Crippen molar-refractivity contribution in [2.75, 3.05) is 26.2 Å². The van der Waals surface area contributed by atoms with Crippen molar-refractivity contribution in [2.45, 2.75) is 38.5 Å². The van der Waals surface area contributed by atoms with Gasteiger partial charge in [0.05, 0.1) is 0 Å². The van der Waals surface area contributed by atoms with E-state index in [0.717, 1.165) is 61.8 Å². The molecule has 1 fully saturated rings. The average molecular weight is 422 g/mol. The zero-order chi connectivity index (χ0) is 21.6. The number of halogens is 1. The van der Waals surface area contributed by atoms with Gasteiger partial charge in [0.2, 0.25) is 0 Å². The fraction of sp³-hybridized carbons (Fsp3) is 0.423. The van der Waals surface area contributed by atoms with Crippen molar-refractivity contribution in [3.05, 3.63) is 71.7 Å². The van der Waals surface area contributed by atoms with Gasteiger partial charge in [0, 0.05) is 24.0 Å². The number of unbranched alkanes of at least 4 members (excludes halogenated alkanes) is 1. The van der Waals surface area contributed by atoms with E-state index in [1.165, 1.54) is 6.07 Å². The van der Waals surface area contributed by atoms with Crippen molar-refractivity contribution in [1.29, 1.82) is 0 Å². The first-order chi connectivity index (χ1) is 15.1. The maximum absolute atomic E-state index is 13.5. The number of para-hydroxylation sites is 1. The van der Waals surface area contributed by atoms with E-state index in [1.54, 1.807) is 6.07 Å². The summed E-state index contributed by atoms with van der Waals surface area (Å²) in [6.07, 6.45) is 4.31. The molecule has 1 heterocycles. The summed E-state index contributed by atoms with van der Waals surface area (Å²) in [6, 6.07) is 16.9. The number of nitrogens with one attached hydrogen (secondary N) is 2. The van der Waals surface area contributed by atoms with Crippen LogP contribution >= 0.6 is 0 Å². The lowest BCUT2D eigenvalue weighted by Gasteiger charge is -2.22. The van der Waals surface area contributed by atoms with Gasteiger partial charge in [0.25, 0.3) is 5.91 Å². The van der Waals surface area contributed by atoms with E-state index >= 15 is 0 Å². The zero-order valence-electron chi connectivity index (χ0n) is 18.2. The number of H-pyrrole nitrogens is 1. The Morgan fingerprint density at radius 1 is 1.13 bits per heavy atom. The lowest BCUT2D eigenvalue weighted by atomic mass is 10.1. The average Bonchev–Trinajstić information content (AvgIpc) is 3.39. The third-order valence-corrected chi connectivity index (χ3v) is 6.19. The van der Waals surface area contributed by atoms with Crippen LogP contribution in [0.2, 0.25) is 0 Å². The molecule has 0 aliphatic heterocycles. The number of benzene rings is 2. The molecule has 1 saturated carbocycles. The Kier molecular flexibility index (Phi) is 7.03. The van der Waals surface area contributed by atoms with E-state index in [9.17, 15) is 9.18 Å². The molecule has 2 aromatic carbocycles. The van der Waals surface area contributed by atoms with Crippen LogP contribution in [0.4, 0.5) is 4.39 Å². The van der Waals surface area contributed by atoms with E-state index in [1.807, 2.05) is 42.5 Å². The molecule has 0 bridgehead atoms. The lowest BCUT2D eigenvalue weighted by molar-refractivity contribution is 0.0948. The number of fused-ring (bicyclic) bond motifs is 1. The molecule has 0 saturated heterocycles. The number of hydrogen-bond donors (Lipinski definition) is 2. The summed E-state index contributed by atoms with van der Waals surface area (Å²) in [7, 11) is 0. The molecule has 1 aromatic heterocycles. The van der Waals surface area contributed by atoms with Gasteiger partial charge in [0.15, 0.2) is 0 Å². The Balaban J connectivity index is 1.17. The van der Waals surface area contributed by atoms with Crippen molar-refractivity contribution in [3.8, 4) is 0 Å². The van der Waals surface area contributed by atoms with Crippen LogP contribution in [0, 0.1) is 11.7 Å². The molecule has 1 aliphatic carbocycles. The fourth-order valence-corrected chi connectivity index (χ4v) is 4.49. The van der Waals surface area contributed by atoms with Crippen LogP contribution in [-0.2, 0) is 0 Å². The molecule has 4 nitrogen and oxygen atoms in total. The van der Waals surface area contributed by atoms with E-state index in [4.69, 9.17) is 0 Å². The summed E-state index contributed by atoms with van der Waals surface area (Å²) in [5.41, 5.74) is 2.74. The maximum Gasteiger partial charge on any atom is 0.267 e. The molecule has 5 heteroatoms. The summed E-state index contributed by atoms with van der Waals surface area (Å²) in [6.45, 7) is 6.11. The lowest BCUT2D eigenvalue weighted by Crippen LogP contribution is -2.30. The van der Waals surface area contributed by atoms with Gasteiger partial charge in [-0.05, 0) is 80.4 Å². The van der Waals surface area contributed by atoms with Gasteiger partial charge in [-0.2, -0.15) is 0 Å². The number of aromatic nitrogens is 1. The van der Waals surface area contributed by atoms with Crippen molar-refractivity contribution in [3.63, 3.8) is 0 Å². The minimum absolute atomic E-state index is 0.0440. The Labute approximate surface area is 183 Å². The van der Waals surface area contributed by atoms with Gasteiger partial charge in [-0.25, -0.2) is 4.39 Å². The van der Waals surface area contributed by atoms with Crippen LogP contribution < -0.4 is 5.32 Å². The molecule has 1 aliphatic rings. The monoisotopic (exact) mass is 421 g/mol. The van der Waals surface area contributed by atoms with E-state index in [0.29, 0.717) is 24.1 Å². The number of nitrogens with zero attached hydrogens (tertiary/aromatic N) is 1. The molecular weight excluding hydrogens is 389 g/mol. The molecule has 0 spiro atoms. The number of amides is 1. The van der Waals surface area contributed by atoms with Gasteiger partial charge in [-0.15, -0.1) is 0 Å². The van der Waals surface area contributed by atoms with Crippen LogP contribution in [-0.4, -0.2) is 42.0 Å². The van der Waals surface area contributed by atoms with Gasteiger partial charge in [0.1, 0.15) is 11.5 Å². The van der Waals surface area contributed by atoms with Gasteiger partial charge in [-0.3, -0.25) is 4.79 Å². The SMILES string of the molecule is CCCN(CCCCNC(=O)c1cc2ccccc2[nH]1)CC1CC1c1cccc(F)c1. The number of rotatable bonds is 11. The number of hydrogen-bond acceptors (Lipinski definition) is 2. The standard InChI is InChI=1S/C26H32FN3O/c1-2-13-30(18-21-16-23(21)19-9-7-10-22(27)15-19)14-6-5-12-28-26(31)25-17-20-8-3-4-11-24(20)29-25/h3-4,7-11,15,17,21,23,29H,2,5-6,12-14,16,18H2,1H3,(H,28,31). The van der Waals surface area contributed by atoms with E-state index in [-0.39, 0.29) is 11.7 Å². The third kappa shape index (κ3) is 5.73. The van der Waals surface area contributed by atoms with Gasteiger partial charge < -0.3 is 15.2 Å². The summed E-state index contributed by atoms with van der Waals surface area (Å²) < 4.78 is 13.5. The fourth-order valence-electron chi connectivity index (χ4n) is 4.49. The summed E-state index contributed by atoms with van der Waals surface area (Å²) in [4.78, 5) is 18.1. The number of aromatic amines is 1. The molecule has 2 N–H and O–H groups in total. The quantitative estimate of drug-likeness (QED) is 0.411. The summed E-state index contributed by atoms with van der Waals surface area (Å²) in [5, 5.41) is 4.08. The normalized spacial score (nSPS) is 17.9. The van der Waals surface area contributed by atoms with Crippen LogP contribution in [0.1, 0.15) is 54.6 Å². The molecule has 2 unspecified atom stereocenters. The zero-order valence-corrected chi connectivity index (χ0v) is 18.2. The Morgan fingerprint density at radius 3 is 2.81 bits per heavy atom. The predicted molar refractivity (Wildman–Crippen MR) is 124 cm³/mol. The van der Waals surface area contributed by atoms with Crippen molar-refractivity contribution < 1.29 is 9.18 Å². The maximum atomic E-state index is 13.5. The second-order valence-electron chi connectivity index (χ2n) is 8.69. The summed E-state index contributed by atoms with van der Waals surface area (Å²) in [5.74, 6) is 0.960. The highest BCUT2D eigenvalue weighted by molar-refractivity contribution is 5.97. The molecule has 4 rings (SSSR count).